The summed E-state index contributed by atoms with van der Waals surface area (Å²) in [5.74, 6) is -0.953. The van der Waals surface area contributed by atoms with Gasteiger partial charge >= 0.3 is 5.97 Å². The van der Waals surface area contributed by atoms with Crippen molar-refractivity contribution in [3.63, 3.8) is 0 Å². The number of aromatic nitrogens is 1. The van der Waals surface area contributed by atoms with Crippen molar-refractivity contribution in [1.82, 2.24) is 15.2 Å². The van der Waals surface area contributed by atoms with Crippen LogP contribution in [0.25, 0.3) is 10.9 Å². The van der Waals surface area contributed by atoms with Crippen molar-refractivity contribution in [2.75, 3.05) is 6.61 Å². The van der Waals surface area contributed by atoms with Crippen LogP contribution in [0.5, 0.6) is 5.75 Å². The minimum absolute atomic E-state index is 0.0559. The number of phenols is 1. The molecular weight excluding hydrogens is 398 g/mol. The highest BCUT2D eigenvalue weighted by molar-refractivity contribution is 5.97. The Bertz CT molecular complexity index is 956. The van der Waals surface area contributed by atoms with E-state index in [1.54, 1.807) is 19.1 Å². The van der Waals surface area contributed by atoms with Crippen LogP contribution in [0.1, 0.15) is 58.5 Å². The minimum atomic E-state index is -0.691. The molecule has 8 nitrogen and oxygen atoms in total. The van der Waals surface area contributed by atoms with Crippen molar-refractivity contribution in [2.24, 2.45) is 5.92 Å². The first-order chi connectivity index (χ1) is 14.4. The quantitative estimate of drug-likeness (QED) is 0.557. The van der Waals surface area contributed by atoms with E-state index in [1.165, 1.54) is 16.7 Å². The number of esters is 1. The number of nitrogens with zero attached hydrogens (tertiary/aromatic N) is 1. The van der Waals surface area contributed by atoms with Crippen LogP contribution in [0, 0.1) is 5.92 Å². The number of benzene rings is 1. The molecule has 1 aromatic heterocycles. The first-order valence-electron chi connectivity index (χ1n) is 10.5. The average molecular weight is 432 g/mol. The maximum atomic E-state index is 12.9. The molecule has 0 saturated carbocycles. The molecule has 0 aliphatic rings. The Hall–Kier alpha value is -3.03. The van der Waals surface area contributed by atoms with Gasteiger partial charge in [-0.05, 0) is 64.3 Å². The van der Waals surface area contributed by atoms with E-state index in [4.69, 9.17) is 4.74 Å². The fraction of sp³-hybridized carbons (Fsp3) is 0.522. The van der Waals surface area contributed by atoms with Gasteiger partial charge in [0.2, 0.25) is 11.8 Å². The number of rotatable bonds is 8. The number of fused-ring (bicyclic) bond motifs is 1. The van der Waals surface area contributed by atoms with E-state index in [0.29, 0.717) is 17.3 Å². The minimum Gasteiger partial charge on any atom is -0.508 e. The Kier molecular flexibility index (Phi) is 7.70. The molecule has 2 rings (SSSR count). The van der Waals surface area contributed by atoms with Gasteiger partial charge in [-0.15, -0.1) is 0 Å². The molecule has 2 aromatic rings. The number of ether oxygens (including phenoxy) is 1. The second-order valence-corrected chi connectivity index (χ2v) is 9.07. The number of phenolic OH excluding ortho intramolecular Hbond substituents is 1. The monoisotopic (exact) mass is 431 g/mol. The summed E-state index contributed by atoms with van der Waals surface area (Å²) in [5, 5.41) is 16.1. The van der Waals surface area contributed by atoms with E-state index in [2.05, 4.69) is 10.6 Å². The van der Waals surface area contributed by atoms with Gasteiger partial charge in [0.25, 0.3) is 0 Å². The summed E-state index contributed by atoms with van der Waals surface area (Å²) in [6.45, 7) is 11.3. The molecule has 0 aliphatic carbocycles. The lowest BCUT2D eigenvalue weighted by atomic mass is 10.0. The lowest BCUT2D eigenvalue weighted by molar-refractivity contribution is -0.130. The summed E-state index contributed by atoms with van der Waals surface area (Å²) in [4.78, 5) is 38.0. The molecule has 170 valence electrons. The Morgan fingerprint density at radius 2 is 1.84 bits per heavy atom. The molecule has 0 spiro atoms. The highest BCUT2D eigenvalue weighted by Crippen LogP contribution is 2.25. The smallest absolute Gasteiger partial charge is 0.354 e. The molecule has 8 heteroatoms. The molecule has 0 fully saturated rings. The Balaban J connectivity index is 2.30. The van der Waals surface area contributed by atoms with Crippen LogP contribution in [0.15, 0.2) is 24.3 Å². The fourth-order valence-electron chi connectivity index (χ4n) is 3.35. The topological polar surface area (TPSA) is 110 Å². The third kappa shape index (κ3) is 6.73. The van der Waals surface area contributed by atoms with Gasteiger partial charge in [0, 0.05) is 16.4 Å². The van der Waals surface area contributed by atoms with Gasteiger partial charge < -0.3 is 25.0 Å². The number of nitrogens with one attached hydrogen (secondary N) is 2. The normalized spacial score (nSPS) is 12.6. The van der Waals surface area contributed by atoms with Crippen LogP contribution in [0.4, 0.5) is 0 Å². The molecule has 0 aliphatic heterocycles. The van der Waals surface area contributed by atoms with Crippen molar-refractivity contribution in [3.8, 4) is 5.75 Å². The molecular formula is C23H33N3O5. The Morgan fingerprint density at radius 3 is 2.42 bits per heavy atom. The van der Waals surface area contributed by atoms with Gasteiger partial charge in [-0.25, -0.2) is 4.79 Å². The fourth-order valence-corrected chi connectivity index (χ4v) is 3.35. The number of aromatic hydroxyl groups is 1. The van der Waals surface area contributed by atoms with Gasteiger partial charge in [0.05, 0.1) is 6.61 Å². The molecule has 1 aromatic carbocycles. The van der Waals surface area contributed by atoms with E-state index in [1.807, 2.05) is 34.6 Å². The summed E-state index contributed by atoms with van der Waals surface area (Å²) in [7, 11) is 0. The highest BCUT2D eigenvalue weighted by atomic mass is 16.5. The van der Waals surface area contributed by atoms with Crippen LogP contribution in [-0.4, -0.2) is 45.6 Å². The molecule has 1 heterocycles. The maximum Gasteiger partial charge on any atom is 0.354 e. The number of hydrogen-bond acceptors (Lipinski definition) is 5. The van der Waals surface area contributed by atoms with E-state index >= 15 is 0 Å². The summed E-state index contributed by atoms with van der Waals surface area (Å²) >= 11 is 0. The molecule has 0 unspecified atom stereocenters. The lowest BCUT2D eigenvalue weighted by Crippen LogP contribution is -2.53. The van der Waals surface area contributed by atoms with Gasteiger partial charge in [-0.1, -0.05) is 13.8 Å². The van der Waals surface area contributed by atoms with Crippen molar-refractivity contribution in [1.29, 1.82) is 0 Å². The zero-order valence-corrected chi connectivity index (χ0v) is 19.1. The van der Waals surface area contributed by atoms with Crippen LogP contribution in [-0.2, 0) is 20.9 Å². The summed E-state index contributed by atoms with van der Waals surface area (Å²) in [6, 6.07) is 5.54. The molecule has 2 amide bonds. The van der Waals surface area contributed by atoms with Crippen molar-refractivity contribution >= 4 is 28.7 Å². The van der Waals surface area contributed by atoms with Gasteiger partial charge in [0.15, 0.2) is 0 Å². The number of amides is 2. The molecule has 0 bridgehead atoms. The first kappa shape index (κ1) is 24.2. The summed E-state index contributed by atoms with van der Waals surface area (Å²) in [5.41, 5.74) is 0.389. The van der Waals surface area contributed by atoms with Crippen molar-refractivity contribution in [2.45, 2.75) is 66.1 Å². The SMILES string of the molecule is CCOC(=O)c1cc2cc(O)ccc2n1CC(=O)N[C@@H](CC(C)C)C(=O)NC(C)(C)C. The second-order valence-electron chi connectivity index (χ2n) is 9.07. The third-order valence-electron chi connectivity index (χ3n) is 4.53. The molecule has 31 heavy (non-hydrogen) atoms. The van der Waals surface area contributed by atoms with Crippen LogP contribution in [0.2, 0.25) is 0 Å². The van der Waals surface area contributed by atoms with Crippen LogP contribution < -0.4 is 10.6 Å². The standard InChI is InChI=1S/C23H33N3O5/c1-7-31-22(30)19-12-15-11-16(27)8-9-18(15)26(19)13-20(28)24-17(10-14(2)3)21(29)25-23(4,5)6/h8-9,11-12,14,17,27H,7,10,13H2,1-6H3,(H,24,28)(H,25,29)/t17-/m0/s1. The molecule has 0 saturated heterocycles. The van der Waals surface area contributed by atoms with Crippen LogP contribution in [0.3, 0.4) is 0 Å². The maximum absolute atomic E-state index is 12.9. The Morgan fingerprint density at radius 1 is 1.16 bits per heavy atom. The lowest BCUT2D eigenvalue weighted by Gasteiger charge is -2.26. The number of carbonyl (C=O) groups is 3. The predicted octanol–water partition coefficient (Wildman–Crippen LogP) is 2.97. The first-order valence-corrected chi connectivity index (χ1v) is 10.5. The van der Waals surface area contributed by atoms with Crippen molar-refractivity contribution < 1.29 is 24.2 Å². The molecule has 3 N–H and O–H groups in total. The molecule has 0 radical (unpaired) electrons. The third-order valence-corrected chi connectivity index (χ3v) is 4.53. The molecule has 1 atom stereocenters. The van der Waals surface area contributed by atoms with Crippen molar-refractivity contribution in [3.05, 3.63) is 30.0 Å². The predicted molar refractivity (Wildman–Crippen MR) is 119 cm³/mol. The zero-order valence-electron chi connectivity index (χ0n) is 19.1. The van der Waals surface area contributed by atoms with E-state index in [-0.39, 0.29) is 36.4 Å². The van der Waals surface area contributed by atoms with E-state index < -0.39 is 23.5 Å². The Labute approximate surface area is 182 Å². The second kappa shape index (κ2) is 9.85. The van der Waals surface area contributed by atoms with E-state index in [0.717, 1.165) is 0 Å². The van der Waals surface area contributed by atoms with Gasteiger partial charge in [0.1, 0.15) is 24.0 Å². The zero-order chi connectivity index (χ0) is 23.3. The largest absolute Gasteiger partial charge is 0.508 e. The number of carbonyl (C=O) groups excluding carboxylic acids is 3. The van der Waals surface area contributed by atoms with Crippen LogP contribution >= 0.6 is 0 Å². The summed E-state index contributed by atoms with van der Waals surface area (Å²) in [6.07, 6.45) is 0.485. The summed E-state index contributed by atoms with van der Waals surface area (Å²) < 4.78 is 6.66. The average Bonchev–Trinajstić information content (AvgIpc) is 2.97. The van der Waals surface area contributed by atoms with Gasteiger partial charge in [-0.2, -0.15) is 0 Å². The van der Waals surface area contributed by atoms with E-state index in [9.17, 15) is 19.5 Å². The number of hydrogen-bond donors (Lipinski definition) is 3. The van der Waals surface area contributed by atoms with Gasteiger partial charge in [-0.3, -0.25) is 9.59 Å². The highest BCUT2D eigenvalue weighted by Gasteiger charge is 2.26.